The van der Waals surface area contributed by atoms with E-state index >= 15 is 0 Å². The highest BCUT2D eigenvalue weighted by atomic mass is 16.4. The highest BCUT2D eigenvalue weighted by Gasteiger charge is 2.28. The first kappa shape index (κ1) is 31.2. The molecule has 0 saturated carbocycles. The molecular weight excluding hydrogens is 466 g/mol. The molecule has 0 aliphatic rings. The van der Waals surface area contributed by atoms with Crippen molar-refractivity contribution in [1.82, 2.24) is 21.3 Å². The lowest BCUT2D eigenvalue weighted by Gasteiger charge is -2.24. The summed E-state index contributed by atoms with van der Waals surface area (Å²) in [5.74, 6) is -5.80. The van der Waals surface area contributed by atoms with E-state index in [1.165, 1.54) is 0 Å². The molecule has 198 valence electrons. The number of carbonyl (C=O) groups is 7. The van der Waals surface area contributed by atoms with E-state index in [0.717, 1.165) is 0 Å². The summed E-state index contributed by atoms with van der Waals surface area (Å²) in [5, 5.41) is 18.1. The largest absolute Gasteiger partial charge is 0.481 e. The highest BCUT2D eigenvalue weighted by Crippen LogP contribution is 2.07. The maximum atomic E-state index is 12.7. The van der Waals surface area contributed by atoms with E-state index in [4.69, 9.17) is 22.3 Å². The third-order valence-electron chi connectivity index (χ3n) is 4.61. The topological polar surface area (TPSA) is 266 Å². The fourth-order valence-electron chi connectivity index (χ4n) is 2.87. The van der Waals surface area contributed by atoms with Gasteiger partial charge in [0.25, 0.3) is 0 Å². The van der Waals surface area contributed by atoms with Crippen LogP contribution in [0.5, 0.6) is 0 Å². The van der Waals surface area contributed by atoms with Gasteiger partial charge in [-0.15, -0.1) is 0 Å². The Balaban J connectivity index is 5.22. The first-order valence-electron chi connectivity index (χ1n) is 10.9. The van der Waals surface area contributed by atoms with Crippen LogP contribution in [0.3, 0.4) is 0 Å². The second-order valence-corrected chi connectivity index (χ2v) is 8.19. The van der Waals surface area contributed by atoms with E-state index in [9.17, 15) is 33.6 Å². The van der Waals surface area contributed by atoms with Gasteiger partial charge in [-0.05, 0) is 25.2 Å². The van der Waals surface area contributed by atoms with Crippen molar-refractivity contribution in [1.29, 1.82) is 0 Å². The number of carboxylic acids is 1. The van der Waals surface area contributed by atoms with Crippen LogP contribution in [-0.2, 0) is 33.6 Å². The summed E-state index contributed by atoms with van der Waals surface area (Å²) in [7, 11) is 0. The van der Waals surface area contributed by atoms with Crippen molar-refractivity contribution in [2.45, 2.75) is 64.1 Å². The van der Waals surface area contributed by atoms with E-state index in [2.05, 4.69) is 21.3 Å². The Bertz CT molecular complexity index is 802. The molecule has 0 fully saturated rings. The standard InChI is InChI=1S/C20H35N7O8/c1-10(2)7-13(26-15(29)8-21)20(35)27-12(3-5-14(22)28)19(34)24-9-16(30)25-11(18(23)33)4-6-17(31)32/h10-13H,3-9,21H2,1-2H3,(H2,22,28)(H2,23,33)(H,24,34)(H,25,30)(H,26,29)(H,27,35)(H,31,32)/t11-,12-,13-/m0/s1. The Kier molecular flexibility index (Phi) is 14.3. The second-order valence-electron chi connectivity index (χ2n) is 8.19. The molecule has 0 aromatic heterocycles. The van der Waals surface area contributed by atoms with Gasteiger partial charge >= 0.3 is 5.97 Å². The molecule has 3 atom stereocenters. The number of primary amides is 2. The lowest BCUT2D eigenvalue weighted by Crippen LogP contribution is -2.56. The summed E-state index contributed by atoms with van der Waals surface area (Å²) >= 11 is 0. The van der Waals surface area contributed by atoms with Gasteiger partial charge in [-0.3, -0.25) is 33.6 Å². The van der Waals surface area contributed by atoms with Crippen molar-refractivity contribution in [2.75, 3.05) is 13.1 Å². The van der Waals surface area contributed by atoms with Gasteiger partial charge in [-0.2, -0.15) is 0 Å². The third kappa shape index (κ3) is 14.2. The number of carboxylic acid groups (broad SMARTS) is 1. The average Bonchev–Trinajstić information content (AvgIpc) is 2.76. The van der Waals surface area contributed by atoms with Crippen LogP contribution in [0, 0.1) is 5.92 Å². The van der Waals surface area contributed by atoms with Crippen LogP contribution < -0.4 is 38.5 Å². The quantitative estimate of drug-likeness (QED) is 0.0968. The van der Waals surface area contributed by atoms with E-state index < -0.39 is 72.5 Å². The highest BCUT2D eigenvalue weighted by molar-refractivity contribution is 5.94. The number of aliphatic carboxylic acids is 1. The Labute approximate surface area is 202 Å². The Morgan fingerprint density at radius 3 is 1.83 bits per heavy atom. The molecular formula is C20H35N7O8. The predicted molar refractivity (Wildman–Crippen MR) is 122 cm³/mol. The van der Waals surface area contributed by atoms with E-state index in [-0.39, 0.29) is 38.1 Å². The Morgan fingerprint density at radius 2 is 1.34 bits per heavy atom. The fraction of sp³-hybridized carbons (Fsp3) is 0.650. The van der Waals surface area contributed by atoms with E-state index in [0.29, 0.717) is 0 Å². The summed E-state index contributed by atoms with van der Waals surface area (Å²) in [6, 6.07) is -3.53. The minimum absolute atomic E-state index is 0.00439. The zero-order valence-corrected chi connectivity index (χ0v) is 19.8. The predicted octanol–water partition coefficient (Wildman–Crippen LogP) is -3.82. The second kappa shape index (κ2) is 16.0. The minimum atomic E-state index is -1.27. The lowest BCUT2D eigenvalue weighted by molar-refractivity contribution is -0.137. The monoisotopic (exact) mass is 501 g/mol. The Hall–Kier alpha value is -3.75. The van der Waals surface area contributed by atoms with Gasteiger partial charge in [0.15, 0.2) is 0 Å². The molecule has 0 radical (unpaired) electrons. The summed E-state index contributed by atoms with van der Waals surface area (Å²) in [6.07, 6.45) is -0.855. The molecule has 0 unspecified atom stereocenters. The molecule has 0 aliphatic heterocycles. The van der Waals surface area contributed by atoms with Crippen LogP contribution in [0.4, 0.5) is 0 Å². The van der Waals surface area contributed by atoms with Crippen molar-refractivity contribution in [3.8, 4) is 0 Å². The van der Waals surface area contributed by atoms with Crippen LogP contribution in [0.25, 0.3) is 0 Å². The SMILES string of the molecule is CC(C)C[C@H](NC(=O)CN)C(=O)N[C@@H](CCC(N)=O)C(=O)NCC(=O)N[C@@H](CCC(=O)O)C(N)=O. The number of nitrogens with one attached hydrogen (secondary N) is 4. The molecule has 35 heavy (non-hydrogen) atoms. The zero-order valence-electron chi connectivity index (χ0n) is 19.8. The summed E-state index contributed by atoms with van der Waals surface area (Å²) < 4.78 is 0. The molecule has 11 N–H and O–H groups in total. The zero-order chi connectivity index (χ0) is 27.1. The molecule has 0 rings (SSSR count). The molecule has 15 nitrogen and oxygen atoms in total. The fourth-order valence-corrected chi connectivity index (χ4v) is 2.87. The van der Waals surface area contributed by atoms with Crippen molar-refractivity contribution >= 4 is 41.4 Å². The maximum absolute atomic E-state index is 12.7. The number of nitrogens with two attached hydrogens (primary N) is 3. The Morgan fingerprint density at radius 1 is 0.771 bits per heavy atom. The molecule has 0 bridgehead atoms. The van der Waals surface area contributed by atoms with Gasteiger partial charge in [0.2, 0.25) is 35.4 Å². The lowest BCUT2D eigenvalue weighted by atomic mass is 10.0. The van der Waals surface area contributed by atoms with Gasteiger partial charge < -0.3 is 43.6 Å². The molecule has 0 heterocycles. The van der Waals surface area contributed by atoms with Crippen LogP contribution in [0.15, 0.2) is 0 Å². The first-order chi connectivity index (χ1) is 16.3. The first-order valence-corrected chi connectivity index (χ1v) is 10.9. The normalized spacial score (nSPS) is 13.1. The van der Waals surface area contributed by atoms with Crippen LogP contribution in [0.1, 0.15) is 46.0 Å². The molecule has 0 saturated heterocycles. The van der Waals surface area contributed by atoms with E-state index in [1.54, 1.807) is 0 Å². The molecule has 0 spiro atoms. The molecule has 0 aromatic carbocycles. The summed E-state index contributed by atoms with van der Waals surface area (Å²) in [6.45, 7) is 2.67. The van der Waals surface area contributed by atoms with E-state index in [1.807, 2.05) is 13.8 Å². The molecule has 15 heteroatoms. The van der Waals surface area contributed by atoms with Crippen molar-refractivity contribution in [3.05, 3.63) is 0 Å². The van der Waals surface area contributed by atoms with Crippen LogP contribution in [-0.4, -0.2) is 77.7 Å². The molecule has 6 amide bonds. The molecule has 0 aromatic rings. The molecule has 0 aliphatic carbocycles. The number of rotatable bonds is 17. The van der Waals surface area contributed by atoms with Crippen molar-refractivity contribution in [3.63, 3.8) is 0 Å². The summed E-state index contributed by atoms with van der Waals surface area (Å²) in [4.78, 5) is 82.4. The third-order valence-corrected chi connectivity index (χ3v) is 4.61. The van der Waals surface area contributed by atoms with Crippen molar-refractivity contribution < 1.29 is 38.7 Å². The van der Waals surface area contributed by atoms with Crippen LogP contribution >= 0.6 is 0 Å². The van der Waals surface area contributed by atoms with Gasteiger partial charge in [-0.25, -0.2) is 0 Å². The van der Waals surface area contributed by atoms with Gasteiger partial charge in [-0.1, -0.05) is 13.8 Å². The number of carbonyl (C=O) groups excluding carboxylic acids is 6. The van der Waals surface area contributed by atoms with Gasteiger partial charge in [0, 0.05) is 12.8 Å². The maximum Gasteiger partial charge on any atom is 0.303 e. The number of hydrogen-bond acceptors (Lipinski definition) is 8. The van der Waals surface area contributed by atoms with Gasteiger partial charge in [0.05, 0.1) is 13.1 Å². The van der Waals surface area contributed by atoms with Crippen LogP contribution in [0.2, 0.25) is 0 Å². The van der Waals surface area contributed by atoms with Gasteiger partial charge in [0.1, 0.15) is 18.1 Å². The minimum Gasteiger partial charge on any atom is -0.481 e. The number of amides is 6. The summed E-state index contributed by atoms with van der Waals surface area (Å²) in [5.41, 5.74) is 15.6. The average molecular weight is 502 g/mol. The smallest absolute Gasteiger partial charge is 0.303 e. The number of hydrogen-bond donors (Lipinski definition) is 8. The van der Waals surface area contributed by atoms with Crippen molar-refractivity contribution in [2.24, 2.45) is 23.1 Å².